The number of benzene rings is 6. The Morgan fingerprint density at radius 2 is 0.925 bits per heavy atom. The number of fused-ring (bicyclic) bond motifs is 1. The summed E-state index contributed by atoms with van der Waals surface area (Å²) in [5, 5.41) is 41.8. The third kappa shape index (κ3) is 11.5. The Balaban J connectivity index is 0.000000765. The average Bonchev–Trinajstić information content (AvgIpc) is 3.14. The number of phenols is 2. The van der Waals surface area contributed by atoms with E-state index in [1.807, 2.05) is 111 Å². The Kier molecular flexibility index (Phi) is 15.7. The molecule has 271 valence electrons. The third-order valence-corrected chi connectivity index (χ3v) is 7.96. The fraction of sp³-hybridized carbons (Fsp3) is 0.136. The molecule has 9 heteroatoms. The predicted molar refractivity (Wildman–Crippen MR) is 206 cm³/mol. The van der Waals surface area contributed by atoms with E-state index >= 15 is 0 Å². The molecule has 6 rings (SSSR count). The van der Waals surface area contributed by atoms with Crippen molar-refractivity contribution < 1.29 is 46.8 Å². The number of aliphatic imine (C=N–C) groups is 2. The van der Waals surface area contributed by atoms with E-state index < -0.39 is 11.9 Å². The number of carbonyl (C=O) groups excluding carboxylic acids is 2. The summed E-state index contributed by atoms with van der Waals surface area (Å²) in [4.78, 5) is 27.5. The number of aliphatic carboxylic acids is 2. The molecule has 2 N–H and O–H groups in total. The minimum absolute atomic E-state index is 0. The average molecular weight is 752 g/mol. The van der Waals surface area contributed by atoms with Crippen LogP contribution in [0.1, 0.15) is 49.9 Å². The maximum Gasteiger partial charge on any atom is 2.00 e. The molecule has 0 aliphatic carbocycles. The second-order valence-corrected chi connectivity index (χ2v) is 11.7. The van der Waals surface area contributed by atoms with E-state index in [1.54, 1.807) is 12.4 Å². The van der Waals surface area contributed by atoms with E-state index in [-0.39, 0.29) is 28.3 Å². The molecule has 0 aliphatic heterocycles. The van der Waals surface area contributed by atoms with E-state index in [0.29, 0.717) is 24.0 Å². The molecule has 0 aromatic heterocycles. The molecule has 0 amide bonds. The Morgan fingerprint density at radius 3 is 1.26 bits per heavy atom. The SMILES string of the molecule is CC(=O)[O-].CC(=O)[O-].CCc1cc(-c2ccccc2)cc(C=Nc2cccc3cccc(N=Cc4cc(-c5ccccc5)cc(CC)c4O)c23)c1O.[Co+2]. The maximum atomic E-state index is 11.1. The van der Waals surface area contributed by atoms with Gasteiger partial charge < -0.3 is 30.0 Å². The zero-order chi connectivity index (χ0) is 37.6. The van der Waals surface area contributed by atoms with Gasteiger partial charge in [0.25, 0.3) is 0 Å². The van der Waals surface area contributed by atoms with E-state index in [4.69, 9.17) is 29.8 Å². The van der Waals surface area contributed by atoms with Gasteiger partial charge in [0.15, 0.2) is 0 Å². The van der Waals surface area contributed by atoms with Crippen molar-refractivity contribution in [3.8, 4) is 33.8 Å². The summed E-state index contributed by atoms with van der Waals surface area (Å²) >= 11 is 0. The van der Waals surface area contributed by atoms with Crippen LogP contribution in [-0.4, -0.2) is 34.6 Å². The number of aromatic hydroxyl groups is 2. The molecule has 6 aromatic carbocycles. The molecule has 0 aliphatic rings. The molecular weight excluding hydrogens is 711 g/mol. The number of carbonyl (C=O) groups is 2. The van der Waals surface area contributed by atoms with Crippen molar-refractivity contribution in [2.45, 2.75) is 40.5 Å². The largest absolute Gasteiger partial charge is 2.00 e. The molecule has 0 fully saturated rings. The van der Waals surface area contributed by atoms with Crippen LogP contribution >= 0.6 is 0 Å². The quantitative estimate of drug-likeness (QED) is 0.152. The summed E-state index contributed by atoms with van der Waals surface area (Å²) in [5.74, 6) is -1.68. The zero-order valence-corrected chi connectivity index (χ0v) is 30.9. The van der Waals surface area contributed by atoms with Crippen molar-refractivity contribution in [1.29, 1.82) is 0 Å². The monoisotopic (exact) mass is 751 g/mol. The Hall–Kier alpha value is -6.03. The van der Waals surface area contributed by atoms with Crippen molar-refractivity contribution in [2.75, 3.05) is 0 Å². The van der Waals surface area contributed by atoms with Crippen LogP contribution < -0.4 is 10.2 Å². The predicted octanol–water partition coefficient (Wildman–Crippen LogP) is 7.72. The summed E-state index contributed by atoms with van der Waals surface area (Å²) in [6.07, 6.45) is 4.88. The molecule has 6 aromatic rings. The Labute approximate surface area is 320 Å². The normalized spacial score (nSPS) is 10.6. The minimum atomic E-state index is -1.08. The molecule has 0 saturated carbocycles. The number of hydrogen-bond donors (Lipinski definition) is 2. The van der Waals surface area contributed by atoms with Crippen molar-refractivity contribution in [1.82, 2.24) is 0 Å². The third-order valence-electron chi connectivity index (χ3n) is 7.96. The van der Waals surface area contributed by atoms with E-state index in [0.717, 1.165) is 69.4 Å². The van der Waals surface area contributed by atoms with Crippen molar-refractivity contribution in [3.63, 3.8) is 0 Å². The first-order valence-corrected chi connectivity index (χ1v) is 16.8. The van der Waals surface area contributed by atoms with Gasteiger partial charge in [-0.2, -0.15) is 0 Å². The topological polar surface area (TPSA) is 145 Å². The first-order chi connectivity index (χ1) is 25.0. The molecule has 0 spiro atoms. The Morgan fingerprint density at radius 1 is 0.566 bits per heavy atom. The molecule has 0 atom stereocenters. The fourth-order valence-corrected chi connectivity index (χ4v) is 5.56. The summed E-state index contributed by atoms with van der Waals surface area (Å²) in [5.41, 5.74) is 8.81. The molecule has 1 radical (unpaired) electrons. The van der Waals surface area contributed by atoms with Crippen LogP contribution in [0, 0.1) is 0 Å². The first kappa shape index (κ1) is 41.4. The second-order valence-electron chi connectivity index (χ2n) is 11.7. The molecule has 0 saturated heterocycles. The van der Waals surface area contributed by atoms with Crippen LogP contribution in [0.5, 0.6) is 11.5 Å². The summed E-state index contributed by atoms with van der Waals surface area (Å²) in [6, 6.07) is 40.3. The van der Waals surface area contributed by atoms with Gasteiger partial charge in [0.1, 0.15) is 11.5 Å². The maximum absolute atomic E-state index is 11.1. The van der Waals surface area contributed by atoms with Gasteiger partial charge in [0.2, 0.25) is 0 Å². The van der Waals surface area contributed by atoms with Crippen molar-refractivity contribution in [2.24, 2.45) is 9.98 Å². The smallest absolute Gasteiger partial charge is 0.550 e. The van der Waals surface area contributed by atoms with Crippen molar-refractivity contribution in [3.05, 3.63) is 144 Å². The molecular formula is C44H40CoN2O6. The number of hydrogen-bond acceptors (Lipinski definition) is 8. The van der Waals surface area contributed by atoms with Gasteiger partial charge >= 0.3 is 16.8 Å². The number of carboxylic acids is 2. The number of nitrogens with zero attached hydrogens (tertiary/aromatic N) is 2. The number of carboxylic acid groups (broad SMARTS) is 2. The molecule has 53 heavy (non-hydrogen) atoms. The van der Waals surface area contributed by atoms with Crippen LogP contribution in [-0.2, 0) is 39.2 Å². The van der Waals surface area contributed by atoms with E-state index in [9.17, 15) is 10.2 Å². The van der Waals surface area contributed by atoms with E-state index in [2.05, 4.69) is 24.3 Å². The number of aryl methyl sites for hydroxylation is 2. The summed E-state index contributed by atoms with van der Waals surface area (Å²) < 4.78 is 0. The fourth-order valence-electron chi connectivity index (χ4n) is 5.56. The van der Waals surface area contributed by atoms with Gasteiger partial charge in [-0.3, -0.25) is 9.98 Å². The van der Waals surface area contributed by atoms with Gasteiger partial charge in [-0.1, -0.05) is 98.8 Å². The van der Waals surface area contributed by atoms with Crippen LogP contribution in [0.25, 0.3) is 33.0 Å². The zero-order valence-electron chi connectivity index (χ0n) is 29.9. The van der Waals surface area contributed by atoms with Crippen LogP contribution in [0.2, 0.25) is 0 Å². The first-order valence-electron chi connectivity index (χ1n) is 16.8. The minimum Gasteiger partial charge on any atom is -0.550 e. The van der Waals surface area contributed by atoms with Crippen LogP contribution in [0.3, 0.4) is 0 Å². The van der Waals surface area contributed by atoms with Gasteiger partial charge in [0.05, 0.1) is 11.4 Å². The standard InChI is InChI=1S/C40H34N2O2.2C2H4O2.Co/c1-3-27-21-32(29-13-7-5-8-14-29)23-34(39(27)43)25-41-36-19-11-17-31-18-12-20-37(38(31)36)42-26-35-24-33(22-28(4-2)40(35)44)30-15-9-6-10-16-30;2*1-2(3)4;/h5-26,43-44H,3-4H2,1-2H3;2*1H3,(H,3,4);/q;;;+2/p-2. The van der Waals surface area contributed by atoms with Crippen LogP contribution in [0.4, 0.5) is 11.4 Å². The number of rotatable bonds is 8. The van der Waals surface area contributed by atoms with Crippen LogP contribution in [0.15, 0.2) is 131 Å². The van der Waals surface area contributed by atoms with E-state index in [1.165, 1.54) is 0 Å². The number of phenolic OH excluding ortho intramolecular Hbond substituents is 2. The summed E-state index contributed by atoms with van der Waals surface area (Å²) in [7, 11) is 0. The summed E-state index contributed by atoms with van der Waals surface area (Å²) in [6.45, 7) is 6.02. The van der Waals surface area contributed by atoms with Gasteiger partial charge in [-0.15, -0.1) is 0 Å². The Bertz CT molecular complexity index is 2060. The van der Waals surface area contributed by atoms with Gasteiger partial charge in [-0.25, -0.2) is 0 Å². The van der Waals surface area contributed by atoms with Crippen molar-refractivity contribution >= 4 is 46.5 Å². The van der Waals surface area contributed by atoms with Gasteiger partial charge in [-0.05, 0) is 102 Å². The molecule has 8 nitrogen and oxygen atoms in total. The molecule has 0 unspecified atom stereocenters. The van der Waals surface area contributed by atoms with Gasteiger partial charge in [0, 0.05) is 40.9 Å². The second kappa shape index (κ2) is 20.1. The molecule has 0 bridgehead atoms. The molecule has 0 heterocycles.